The van der Waals surface area contributed by atoms with E-state index in [0.717, 1.165) is 5.69 Å². The van der Waals surface area contributed by atoms with Crippen molar-refractivity contribution in [3.05, 3.63) is 50.3 Å². The first kappa shape index (κ1) is 16.0. The number of nitro groups is 2. The molecule has 0 saturated heterocycles. The molecule has 1 aromatic rings. The molecule has 0 fully saturated rings. The van der Waals surface area contributed by atoms with E-state index in [-0.39, 0.29) is 6.15 Å². The zero-order valence-electron chi connectivity index (χ0n) is 7.81. The first-order valence-corrected chi connectivity index (χ1v) is 5.32. The average molecular weight is 397 g/mol. The van der Waals surface area contributed by atoms with Gasteiger partial charge in [0.2, 0.25) is 0 Å². The number of aryl methyl sites for hydroxylation is 1. The summed E-state index contributed by atoms with van der Waals surface area (Å²) in [5, 5.41) is 18.4. The van der Waals surface area contributed by atoms with Crippen LogP contribution in [0.1, 0.15) is 5.69 Å². The summed E-state index contributed by atoms with van der Waals surface area (Å²) in [5.74, 6) is 0. The molecule has 0 bridgehead atoms. The molecular formula is C6H10N4O4Pt. The Bertz CT molecular complexity index is 295. The number of aromatic nitrogens is 1. The monoisotopic (exact) mass is 397 g/mol. The Morgan fingerprint density at radius 2 is 1.80 bits per heavy atom. The predicted octanol–water partition coefficient (Wildman–Crippen LogP) is 1.00. The number of hydrogen-bond donors (Lipinski definition) is 1. The van der Waals surface area contributed by atoms with Gasteiger partial charge in [0, 0.05) is 11.9 Å². The van der Waals surface area contributed by atoms with Crippen LogP contribution in [0.5, 0.6) is 0 Å². The molecule has 0 aromatic carbocycles. The van der Waals surface area contributed by atoms with E-state index >= 15 is 0 Å². The average Bonchev–Trinajstić information content (AvgIpc) is 2.03. The Labute approximate surface area is 94.7 Å². The Morgan fingerprint density at radius 3 is 1.93 bits per heavy atom. The van der Waals surface area contributed by atoms with Crippen LogP contribution >= 0.6 is 0 Å². The van der Waals surface area contributed by atoms with Crippen LogP contribution in [0.4, 0.5) is 0 Å². The molecule has 3 N–H and O–H groups in total. The van der Waals surface area contributed by atoms with Crippen molar-refractivity contribution in [1.82, 2.24) is 11.1 Å². The third-order valence-corrected chi connectivity index (χ3v) is 1.66. The van der Waals surface area contributed by atoms with Crippen LogP contribution in [0.3, 0.4) is 0 Å². The summed E-state index contributed by atoms with van der Waals surface area (Å²) in [6.07, 6.45) is 1.79. The van der Waals surface area contributed by atoms with Gasteiger partial charge in [-0.05, 0) is 19.1 Å². The molecule has 0 unspecified atom stereocenters. The molecule has 0 amide bonds. The quantitative estimate of drug-likeness (QED) is 0.585. The second-order valence-electron chi connectivity index (χ2n) is 1.91. The Balaban J connectivity index is 0. The van der Waals surface area contributed by atoms with Crippen LogP contribution in [0.2, 0.25) is 0 Å². The van der Waals surface area contributed by atoms with Crippen molar-refractivity contribution in [1.29, 1.82) is 0 Å². The summed E-state index contributed by atoms with van der Waals surface area (Å²) >= 11 is -2.06. The van der Waals surface area contributed by atoms with E-state index in [0.29, 0.717) is 0 Å². The van der Waals surface area contributed by atoms with Crippen LogP contribution in [-0.4, -0.2) is 11.9 Å². The van der Waals surface area contributed by atoms with Gasteiger partial charge in [0.1, 0.15) is 0 Å². The molecule has 0 atom stereocenters. The van der Waals surface area contributed by atoms with Gasteiger partial charge in [-0.1, -0.05) is 6.07 Å². The van der Waals surface area contributed by atoms with E-state index < -0.39 is 26.0 Å². The Hall–Kier alpha value is -1.40. The third-order valence-electron chi connectivity index (χ3n) is 0.916. The molecule has 0 aliphatic carbocycles. The molecule has 0 aliphatic heterocycles. The van der Waals surface area contributed by atoms with E-state index in [1.807, 2.05) is 25.1 Å². The van der Waals surface area contributed by atoms with Crippen molar-refractivity contribution in [2.75, 3.05) is 0 Å². The summed E-state index contributed by atoms with van der Waals surface area (Å²) in [4.78, 5) is 22.4. The van der Waals surface area contributed by atoms with Crippen molar-refractivity contribution < 1.29 is 26.0 Å². The molecule has 88 valence electrons. The minimum absolute atomic E-state index is 0. The second kappa shape index (κ2) is 9.16. The van der Waals surface area contributed by atoms with Crippen LogP contribution < -0.4 is 6.15 Å². The summed E-state index contributed by atoms with van der Waals surface area (Å²) in [5.41, 5.74) is 1.07. The summed E-state index contributed by atoms with van der Waals surface area (Å²) in [6.45, 7) is 1.97. The third kappa shape index (κ3) is 12.6. The van der Waals surface area contributed by atoms with Gasteiger partial charge < -0.3 is 6.15 Å². The fourth-order valence-electron chi connectivity index (χ4n) is 0.490. The van der Waals surface area contributed by atoms with Crippen molar-refractivity contribution in [3.63, 3.8) is 0 Å². The van der Waals surface area contributed by atoms with E-state index in [1.54, 1.807) is 6.20 Å². The van der Waals surface area contributed by atoms with Crippen molar-refractivity contribution in [2.24, 2.45) is 0 Å². The maximum atomic E-state index is 9.22. The van der Waals surface area contributed by atoms with Gasteiger partial charge in [0.05, 0.1) is 0 Å². The van der Waals surface area contributed by atoms with Gasteiger partial charge >= 0.3 is 46.3 Å². The Kier molecular flexibility index (Phi) is 9.80. The van der Waals surface area contributed by atoms with Crippen molar-refractivity contribution >= 4 is 0 Å². The standard InChI is InChI=1S/C6H7N.2NO2.H3N.Pt/c1-6-4-2-3-5-7-6;2*2-1-3;;/h2-5H,1H3;;;1H3;. The second-order valence-corrected chi connectivity index (χ2v) is 4.03. The van der Waals surface area contributed by atoms with E-state index in [1.165, 1.54) is 0 Å². The van der Waals surface area contributed by atoms with Gasteiger partial charge in [-0.25, -0.2) is 0 Å². The molecule has 8 nitrogen and oxygen atoms in total. The Morgan fingerprint density at radius 1 is 1.27 bits per heavy atom. The van der Waals surface area contributed by atoms with Gasteiger partial charge in [0.15, 0.2) is 0 Å². The zero-order valence-corrected chi connectivity index (χ0v) is 10.1. The summed E-state index contributed by atoms with van der Waals surface area (Å²) in [7, 11) is 0. The minimum atomic E-state index is -2.06. The molecule has 0 saturated carbocycles. The summed E-state index contributed by atoms with van der Waals surface area (Å²) < 4.78 is -1.78. The number of pyridine rings is 1. The predicted molar refractivity (Wildman–Crippen MR) is 48.0 cm³/mol. The van der Waals surface area contributed by atoms with Gasteiger partial charge in [0.25, 0.3) is 0 Å². The maximum absolute atomic E-state index is 9.22. The number of rotatable bonds is 2. The molecule has 9 heteroatoms. The topological polar surface area (TPSA) is 134 Å². The van der Waals surface area contributed by atoms with Crippen LogP contribution in [0.15, 0.2) is 24.4 Å². The zero-order chi connectivity index (χ0) is 11.0. The van der Waals surface area contributed by atoms with Crippen molar-refractivity contribution in [2.45, 2.75) is 6.92 Å². The van der Waals surface area contributed by atoms with Crippen LogP contribution in [0, 0.1) is 27.2 Å². The van der Waals surface area contributed by atoms with E-state index in [9.17, 15) is 20.2 Å². The van der Waals surface area contributed by atoms with E-state index in [2.05, 4.69) is 4.98 Å². The molecule has 0 aliphatic rings. The number of hydrogen-bond acceptors (Lipinski definition) is 6. The molecule has 1 aromatic heterocycles. The fourth-order valence-corrected chi connectivity index (χ4v) is 0.793. The normalized spacial score (nSPS) is 8.07. The first-order chi connectivity index (χ1) is 6.52. The first-order valence-electron chi connectivity index (χ1n) is 3.28. The molecule has 15 heavy (non-hydrogen) atoms. The summed E-state index contributed by atoms with van der Waals surface area (Å²) in [6, 6.07) is 5.86. The number of nitrogens with zero attached hydrogens (tertiary/aromatic N) is 3. The van der Waals surface area contributed by atoms with Crippen LogP contribution in [-0.2, 0) is 19.1 Å². The van der Waals surface area contributed by atoms with E-state index in [4.69, 9.17) is 0 Å². The molecular weight excluding hydrogens is 387 g/mol. The van der Waals surface area contributed by atoms with Gasteiger partial charge in [-0.3, -0.25) is 4.98 Å². The van der Waals surface area contributed by atoms with Gasteiger partial charge in [-0.2, -0.15) is 0 Å². The molecule has 1 rings (SSSR count). The van der Waals surface area contributed by atoms with Crippen LogP contribution in [0.25, 0.3) is 0 Å². The molecule has 0 radical (unpaired) electrons. The fraction of sp³-hybridized carbons (Fsp3) is 0.167. The molecule has 0 spiro atoms. The van der Waals surface area contributed by atoms with Gasteiger partial charge in [-0.15, -0.1) is 0 Å². The van der Waals surface area contributed by atoms with Crippen molar-refractivity contribution in [3.8, 4) is 0 Å². The molecule has 1 heterocycles. The SMILES string of the molecule is Cc1ccccn1.N.O=[N+]([O-])[Pt][N+](=O)[O-].